The van der Waals surface area contributed by atoms with Crippen molar-refractivity contribution in [2.24, 2.45) is 5.73 Å². The number of ketones is 2. The largest absolute Gasteiger partial charge is 0.504 e. The molecule has 0 spiro atoms. The second kappa shape index (κ2) is 6.28. The highest BCUT2D eigenvalue weighted by molar-refractivity contribution is 6.27. The Morgan fingerprint density at radius 2 is 1.82 bits per heavy atom. The van der Waals surface area contributed by atoms with E-state index in [2.05, 4.69) is 0 Å². The van der Waals surface area contributed by atoms with E-state index in [1.165, 1.54) is 19.2 Å². The highest BCUT2D eigenvalue weighted by Crippen LogP contribution is 2.45. The van der Waals surface area contributed by atoms with Crippen LogP contribution in [0.5, 0.6) is 11.5 Å². The number of methoxy groups -OCH3 is 1. The fourth-order valence-electron chi connectivity index (χ4n) is 3.51. The van der Waals surface area contributed by atoms with Crippen LogP contribution in [0.25, 0.3) is 0 Å². The van der Waals surface area contributed by atoms with Crippen LogP contribution in [0.3, 0.4) is 0 Å². The molecule has 0 fully saturated rings. The van der Waals surface area contributed by atoms with Crippen LogP contribution < -0.4 is 10.5 Å². The molecule has 0 aromatic heterocycles. The number of ether oxygens (including phenoxy) is 2. The van der Waals surface area contributed by atoms with Gasteiger partial charge in [-0.2, -0.15) is 5.26 Å². The first-order valence-corrected chi connectivity index (χ1v) is 8.35. The second-order valence-electron chi connectivity index (χ2n) is 6.30. The third-order valence-corrected chi connectivity index (χ3v) is 4.82. The lowest BCUT2D eigenvalue weighted by Crippen LogP contribution is -2.32. The molecule has 2 aliphatic rings. The third-order valence-electron chi connectivity index (χ3n) is 4.82. The first-order valence-electron chi connectivity index (χ1n) is 8.35. The minimum absolute atomic E-state index is 0.00650. The molecule has 28 heavy (non-hydrogen) atoms. The SMILES string of the molecule is COc1cc([C@H]2C(C#N)=C(N)OC3=C2C(=O)c2ccccc2C3=O)ccc1O. The lowest BCUT2D eigenvalue weighted by atomic mass is 9.75. The second-order valence-corrected chi connectivity index (χ2v) is 6.30. The number of hydrogen-bond acceptors (Lipinski definition) is 7. The molecule has 2 aromatic rings. The summed E-state index contributed by atoms with van der Waals surface area (Å²) in [4.78, 5) is 26.2. The lowest BCUT2D eigenvalue weighted by molar-refractivity contribution is 0.0897. The van der Waals surface area contributed by atoms with E-state index in [0.29, 0.717) is 5.56 Å². The first-order chi connectivity index (χ1) is 13.5. The summed E-state index contributed by atoms with van der Waals surface area (Å²) in [7, 11) is 1.38. The molecule has 3 N–H and O–H groups in total. The van der Waals surface area contributed by atoms with Gasteiger partial charge in [-0.05, 0) is 17.7 Å². The zero-order valence-electron chi connectivity index (χ0n) is 14.7. The summed E-state index contributed by atoms with van der Waals surface area (Å²) in [6.07, 6.45) is 0. The van der Waals surface area contributed by atoms with Crippen LogP contribution in [0.1, 0.15) is 32.2 Å². The van der Waals surface area contributed by atoms with Gasteiger partial charge in [0.25, 0.3) is 0 Å². The number of rotatable bonds is 2. The molecule has 0 saturated carbocycles. The van der Waals surface area contributed by atoms with E-state index in [9.17, 15) is 20.0 Å². The summed E-state index contributed by atoms with van der Waals surface area (Å²) in [5.74, 6) is -2.16. The molecule has 138 valence electrons. The van der Waals surface area contributed by atoms with Crippen LogP contribution in [0.2, 0.25) is 0 Å². The van der Waals surface area contributed by atoms with Crippen molar-refractivity contribution in [1.29, 1.82) is 5.26 Å². The van der Waals surface area contributed by atoms with E-state index < -0.39 is 17.5 Å². The van der Waals surface area contributed by atoms with Gasteiger partial charge in [0, 0.05) is 11.1 Å². The number of carbonyl (C=O) groups excluding carboxylic acids is 2. The summed E-state index contributed by atoms with van der Waals surface area (Å²) < 4.78 is 10.6. The van der Waals surface area contributed by atoms with E-state index >= 15 is 0 Å². The number of aromatic hydroxyl groups is 1. The Bertz CT molecular complexity index is 1150. The van der Waals surface area contributed by atoms with Crippen molar-refractivity contribution in [3.63, 3.8) is 0 Å². The van der Waals surface area contributed by atoms with E-state index in [1.54, 1.807) is 30.3 Å². The van der Waals surface area contributed by atoms with E-state index in [-0.39, 0.29) is 45.4 Å². The van der Waals surface area contributed by atoms with Gasteiger partial charge < -0.3 is 20.3 Å². The fourth-order valence-corrected chi connectivity index (χ4v) is 3.51. The van der Waals surface area contributed by atoms with Crippen molar-refractivity contribution in [2.75, 3.05) is 7.11 Å². The summed E-state index contributed by atoms with van der Waals surface area (Å²) >= 11 is 0. The summed E-state index contributed by atoms with van der Waals surface area (Å²) in [6, 6.07) is 12.8. The molecule has 1 aliphatic heterocycles. The van der Waals surface area contributed by atoms with Crippen LogP contribution in [-0.4, -0.2) is 23.8 Å². The van der Waals surface area contributed by atoms with Gasteiger partial charge in [-0.15, -0.1) is 0 Å². The molecule has 7 nitrogen and oxygen atoms in total. The van der Waals surface area contributed by atoms with E-state index in [4.69, 9.17) is 15.2 Å². The average Bonchev–Trinajstić information content (AvgIpc) is 2.71. The minimum Gasteiger partial charge on any atom is -0.504 e. The van der Waals surface area contributed by atoms with Crippen LogP contribution in [0.15, 0.2) is 65.3 Å². The van der Waals surface area contributed by atoms with Gasteiger partial charge in [-0.3, -0.25) is 9.59 Å². The molecule has 0 saturated heterocycles. The Morgan fingerprint density at radius 3 is 2.46 bits per heavy atom. The summed E-state index contributed by atoms with van der Waals surface area (Å²) in [6.45, 7) is 0. The quantitative estimate of drug-likeness (QED) is 0.828. The molecule has 1 atom stereocenters. The number of benzene rings is 2. The number of allylic oxidation sites excluding steroid dienone is 3. The van der Waals surface area contributed by atoms with Crippen molar-refractivity contribution in [3.8, 4) is 17.6 Å². The predicted octanol–water partition coefficient (Wildman–Crippen LogP) is 2.54. The lowest BCUT2D eigenvalue weighted by Gasteiger charge is -2.31. The number of nitrogens with zero attached hydrogens (tertiary/aromatic N) is 1. The number of phenolic OH excluding ortho intramolecular Hbond substituents is 1. The molecule has 1 aliphatic carbocycles. The standard InChI is InChI=1S/C21H14N2O5/c1-27-15-8-10(6-7-14(15)24)16-13(9-22)21(23)28-20-17(16)18(25)11-4-2-3-5-12(11)19(20)26/h2-8,16,24H,23H2,1H3/t16-/m0/s1. The minimum atomic E-state index is -0.923. The Balaban J connectivity index is 1.98. The predicted molar refractivity (Wildman–Crippen MR) is 97.4 cm³/mol. The molecule has 4 rings (SSSR count). The summed E-state index contributed by atoms with van der Waals surface area (Å²) in [5, 5.41) is 19.5. The normalized spacial score (nSPS) is 18.2. The highest BCUT2D eigenvalue weighted by Gasteiger charge is 2.43. The number of nitriles is 1. The zero-order valence-corrected chi connectivity index (χ0v) is 14.7. The third kappa shape index (κ3) is 2.36. The zero-order chi connectivity index (χ0) is 20.0. The monoisotopic (exact) mass is 374 g/mol. The van der Waals surface area contributed by atoms with Crippen molar-refractivity contribution in [2.45, 2.75) is 5.92 Å². The van der Waals surface area contributed by atoms with Crippen LogP contribution in [0, 0.1) is 11.3 Å². The number of nitrogens with two attached hydrogens (primary N) is 1. The van der Waals surface area contributed by atoms with Gasteiger partial charge in [0.15, 0.2) is 23.0 Å². The van der Waals surface area contributed by atoms with Gasteiger partial charge in [-0.1, -0.05) is 30.3 Å². The molecular formula is C21H14N2O5. The van der Waals surface area contributed by atoms with Gasteiger partial charge in [-0.25, -0.2) is 0 Å². The maximum Gasteiger partial charge on any atom is 0.229 e. The highest BCUT2D eigenvalue weighted by atomic mass is 16.5. The Hall–Kier alpha value is -4.05. The molecule has 2 aromatic carbocycles. The molecule has 1 heterocycles. The molecule has 0 unspecified atom stereocenters. The number of fused-ring (bicyclic) bond motifs is 1. The van der Waals surface area contributed by atoms with Crippen molar-refractivity contribution in [1.82, 2.24) is 0 Å². The van der Waals surface area contributed by atoms with Crippen molar-refractivity contribution in [3.05, 3.63) is 81.9 Å². The van der Waals surface area contributed by atoms with Gasteiger partial charge in [0.2, 0.25) is 11.7 Å². The molecule has 7 heteroatoms. The maximum absolute atomic E-state index is 13.2. The topological polar surface area (TPSA) is 123 Å². The summed E-state index contributed by atoms with van der Waals surface area (Å²) in [5.41, 5.74) is 6.89. The van der Waals surface area contributed by atoms with Gasteiger partial charge >= 0.3 is 0 Å². The Kier molecular flexibility index (Phi) is 3.90. The van der Waals surface area contributed by atoms with Gasteiger partial charge in [0.1, 0.15) is 11.6 Å². The smallest absolute Gasteiger partial charge is 0.229 e. The van der Waals surface area contributed by atoms with Crippen LogP contribution in [-0.2, 0) is 4.74 Å². The Morgan fingerprint density at radius 1 is 1.14 bits per heavy atom. The Labute approximate surface area is 159 Å². The molecule has 0 radical (unpaired) electrons. The number of carbonyl (C=O) groups is 2. The first kappa shape index (κ1) is 17.4. The van der Waals surface area contributed by atoms with Crippen LogP contribution >= 0.6 is 0 Å². The number of Topliss-reactive ketones (excluding diaryl/α,β-unsaturated/α-hetero) is 2. The van der Waals surface area contributed by atoms with Crippen molar-refractivity contribution >= 4 is 11.6 Å². The molecule has 0 amide bonds. The number of hydrogen-bond donors (Lipinski definition) is 2. The fraction of sp³-hybridized carbons (Fsp3) is 0.0952. The maximum atomic E-state index is 13.2. The average molecular weight is 374 g/mol. The molecule has 0 bridgehead atoms. The van der Waals surface area contributed by atoms with Gasteiger partial charge in [0.05, 0.1) is 18.6 Å². The van der Waals surface area contributed by atoms with E-state index in [0.717, 1.165) is 0 Å². The molecular weight excluding hydrogens is 360 g/mol. The van der Waals surface area contributed by atoms with Crippen LogP contribution in [0.4, 0.5) is 0 Å². The van der Waals surface area contributed by atoms with E-state index in [1.807, 2.05) is 6.07 Å². The number of phenols is 1. The van der Waals surface area contributed by atoms with Crippen molar-refractivity contribution < 1.29 is 24.2 Å².